The van der Waals surface area contributed by atoms with Gasteiger partial charge in [0.05, 0.1) is 0 Å². The van der Waals surface area contributed by atoms with E-state index in [0.717, 1.165) is 0 Å². The molecule has 0 saturated heterocycles. The van der Waals surface area contributed by atoms with E-state index >= 15 is 0 Å². The maximum Gasteiger partial charge on any atom is 0.211 e. The van der Waals surface area contributed by atoms with Crippen molar-refractivity contribution in [3.63, 3.8) is 0 Å². The van der Waals surface area contributed by atoms with E-state index in [4.69, 9.17) is 4.21 Å². The van der Waals surface area contributed by atoms with Crippen LogP contribution in [0.25, 0.3) is 0 Å². The molecule has 0 radical (unpaired) electrons. The Balaban J connectivity index is 0. The smallest absolute Gasteiger partial charge is 0.211 e. The van der Waals surface area contributed by atoms with E-state index in [1.807, 2.05) is 14.1 Å². The predicted octanol–water partition coefficient (Wildman–Crippen LogP) is 0.878. The molecule has 1 N–H and O–H groups in total. The minimum Gasteiger partial charge on any atom is -0.323 e. The molecule has 5 heteroatoms. The summed E-state index contributed by atoms with van der Waals surface area (Å²) in [5.74, 6) is 0. The van der Waals surface area contributed by atoms with Gasteiger partial charge in [-0.25, -0.2) is 4.21 Å². The van der Waals surface area contributed by atoms with Gasteiger partial charge in [-0.2, -0.15) is 0 Å². The maximum absolute atomic E-state index is 9.09. The highest BCUT2D eigenvalue weighted by Crippen LogP contribution is 1.89. The molecule has 2 nitrogen and oxygen atoms in total. The highest BCUT2D eigenvalue weighted by molar-refractivity contribution is 8.26. The van der Waals surface area contributed by atoms with Gasteiger partial charge in [-0.15, -0.1) is 0 Å². The van der Waals surface area contributed by atoms with Crippen LogP contribution in [0, 0.1) is 0 Å². The second kappa shape index (κ2) is 9.85. The summed E-state index contributed by atoms with van der Waals surface area (Å²) in [6.45, 7) is 0. The zero-order valence-corrected chi connectivity index (χ0v) is 6.40. The maximum atomic E-state index is 9.09. The first-order valence-corrected chi connectivity index (χ1v) is 4.28. The summed E-state index contributed by atoms with van der Waals surface area (Å²) in [6.07, 6.45) is 0. The van der Waals surface area contributed by atoms with E-state index in [2.05, 4.69) is 26.7 Å². The van der Waals surface area contributed by atoms with Crippen LogP contribution in [0.3, 0.4) is 0 Å². The van der Waals surface area contributed by atoms with E-state index < -0.39 is 9.23 Å². The van der Waals surface area contributed by atoms with Crippen LogP contribution in [0.2, 0.25) is 0 Å². The van der Waals surface area contributed by atoms with E-state index in [0.29, 0.717) is 0 Å². The van der Waals surface area contributed by atoms with Crippen molar-refractivity contribution < 1.29 is 4.21 Å². The van der Waals surface area contributed by atoms with Gasteiger partial charge in [0.2, 0.25) is 9.23 Å². The summed E-state index contributed by atoms with van der Waals surface area (Å²) in [4.78, 5) is 0. The minimum atomic E-state index is -1.67. The number of rotatable bonds is 0. The summed E-state index contributed by atoms with van der Waals surface area (Å²) in [5.41, 5.74) is 0. The van der Waals surface area contributed by atoms with Gasteiger partial charge < -0.3 is 5.32 Å². The Hall–Kier alpha value is 0.690. The highest BCUT2D eigenvalue weighted by Gasteiger charge is 1.67. The molecule has 0 aliphatic heterocycles. The van der Waals surface area contributed by atoms with Crippen molar-refractivity contribution in [3.8, 4) is 0 Å². The normalized spacial score (nSPS) is 7.57. The molecule has 0 aromatic heterocycles. The van der Waals surface area contributed by atoms with Gasteiger partial charge in [-0.1, -0.05) is 0 Å². The van der Waals surface area contributed by atoms with Crippen LogP contribution in [0.1, 0.15) is 0 Å². The standard InChI is InChI=1S/C2H7N.Cl2OS/c1-3-2;1-4(2)3/h3H,1-2H3;. The molecule has 0 aliphatic carbocycles. The molecule has 0 spiro atoms. The summed E-state index contributed by atoms with van der Waals surface area (Å²) in [5, 5.41) is 2.75. The average molecular weight is 164 g/mol. The van der Waals surface area contributed by atoms with Crippen LogP contribution in [0.4, 0.5) is 0 Å². The van der Waals surface area contributed by atoms with Crippen molar-refractivity contribution in [2.75, 3.05) is 14.1 Å². The van der Waals surface area contributed by atoms with Crippen LogP contribution in [-0.4, -0.2) is 18.3 Å². The lowest BCUT2D eigenvalue weighted by atomic mass is 11.3. The van der Waals surface area contributed by atoms with Gasteiger partial charge in [-0.3, -0.25) is 0 Å². The largest absolute Gasteiger partial charge is 0.323 e. The summed E-state index contributed by atoms with van der Waals surface area (Å²) >= 11 is 0. The Morgan fingerprint density at radius 2 is 1.43 bits per heavy atom. The highest BCUT2D eigenvalue weighted by atomic mass is 36.0. The van der Waals surface area contributed by atoms with Crippen molar-refractivity contribution in [2.24, 2.45) is 0 Å². The van der Waals surface area contributed by atoms with Gasteiger partial charge in [0.1, 0.15) is 0 Å². The summed E-state index contributed by atoms with van der Waals surface area (Å²) < 4.78 is 9.09. The lowest BCUT2D eigenvalue weighted by molar-refractivity contribution is 0.698. The van der Waals surface area contributed by atoms with E-state index in [1.165, 1.54) is 0 Å². The monoisotopic (exact) mass is 163 g/mol. The van der Waals surface area contributed by atoms with Crippen LogP contribution in [0.5, 0.6) is 0 Å². The Morgan fingerprint density at radius 3 is 1.43 bits per heavy atom. The molecule has 0 aliphatic rings. The average Bonchev–Trinajstić information content (AvgIpc) is 1.33. The third-order valence-corrected chi connectivity index (χ3v) is 0. The summed E-state index contributed by atoms with van der Waals surface area (Å²) in [7, 11) is 11.1. The van der Waals surface area contributed by atoms with Gasteiger partial charge in [0, 0.05) is 21.4 Å². The van der Waals surface area contributed by atoms with Crippen molar-refractivity contribution >= 4 is 30.6 Å². The minimum absolute atomic E-state index is 1.67. The second-order valence-corrected chi connectivity index (χ2v) is 3.21. The zero-order valence-electron chi connectivity index (χ0n) is 4.07. The molecule has 0 fully saturated rings. The quantitative estimate of drug-likeness (QED) is 0.538. The number of nitrogens with one attached hydrogen (secondary N) is 1. The first-order valence-electron chi connectivity index (χ1n) is 1.48. The van der Waals surface area contributed by atoms with E-state index in [9.17, 15) is 0 Å². The van der Waals surface area contributed by atoms with Gasteiger partial charge in [0.25, 0.3) is 0 Å². The molecule has 0 rings (SSSR count). The second-order valence-electron chi connectivity index (χ2n) is 0.684. The van der Waals surface area contributed by atoms with Crippen molar-refractivity contribution in [2.45, 2.75) is 0 Å². The molecule has 7 heavy (non-hydrogen) atoms. The molecular weight excluding hydrogens is 157 g/mol. The first kappa shape index (κ1) is 10.6. The van der Waals surface area contributed by atoms with Crippen molar-refractivity contribution in [3.05, 3.63) is 0 Å². The molecule has 0 amide bonds. The fourth-order valence-corrected chi connectivity index (χ4v) is 0. The van der Waals surface area contributed by atoms with Crippen LogP contribution < -0.4 is 5.32 Å². The molecule has 0 heterocycles. The summed E-state index contributed by atoms with van der Waals surface area (Å²) in [6, 6.07) is 0. The Morgan fingerprint density at radius 1 is 1.43 bits per heavy atom. The zero-order chi connectivity index (χ0) is 6.28. The lowest BCUT2D eigenvalue weighted by Gasteiger charge is -1.59. The molecule has 0 saturated carbocycles. The topological polar surface area (TPSA) is 29.1 Å². The fraction of sp³-hybridized carbons (Fsp3) is 1.00. The first-order chi connectivity index (χ1) is 3.15. The molecular formula is C2H7Cl2NOS. The van der Waals surface area contributed by atoms with Crippen molar-refractivity contribution in [1.29, 1.82) is 0 Å². The molecule has 0 aromatic carbocycles. The third-order valence-electron chi connectivity index (χ3n) is 0. The fourth-order valence-electron chi connectivity index (χ4n) is 0. The number of hydrogen-bond acceptors (Lipinski definition) is 2. The van der Waals surface area contributed by atoms with Crippen LogP contribution in [-0.2, 0) is 9.23 Å². The number of halogens is 2. The van der Waals surface area contributed by atoms with Crippen LogP contribution in [0.15, 0.2) is 0 Å². The predicted molar refractivity (Wildman–Crippen MR) is 34.8 cm³/mol. The van der Waals surface area contributed by atoms with Gasteiger partial charge >= 0.3 is 0 Å². The molecule has 0 atom stereocenters. The van der Waals surface area contributed by atoms with Crippen LogP contribution >= 0.6 is 21.4 Å². The molecule has 0 bridgehead atoms. The van der Waals surface area contributed by atoms with E-state index in [-0.39, 0.29) is 0 Å². The van der Waals surface area contributed by atoms with Gasteiger partial charge in [-0.05, 0) is 14.1 Å². The molecule has 0 unspecified atom stereocenters. The van der Waals surface area contributed by atoms with Gasteiger partial charge in [0.15, 0.2) is 0 Å². The van der Waals surface area contributed by atoms with E-state index in [1.54, 1.807) is 0 Å². The number of hydrogen-bond donors (Lipinski definition) is 1. The Bertz CT molecular complexity index is 47.0. The Kier molecular flexibility index (Phi) is 15.0. The molecule has 0 aromatic rings. The molecule has 46 valence electrons. The lowest BCUT2D eigenvalue weighted by Crippen LogP contribution is -1.89. The third kappa shape index (κ3) is 309. The van der Waals surface area contributed by atoms with Crippen molar-refractivity contribution in [1.82, 2.24) is 5.32 Å². The SMILES string of the molecule is CNC.O=S(Cl)Cl. The Labute approximate surface area is 54.6 Å².